The van der Waals surface area contributed by atoms with E-state index in [0.29, 0.717) is 16.3 Å². The van der Waals surface area contributed by atoms with Crippen molar-refractivity contribution in [1.82, 2.24) is 4.98 Å². The van der Waals surface area contributed by atoms with Gasteiger partial charge in [-0.25, -0.2) is 9.37 Å². The first-order chi connectivity index (χ1) is 9.11. The van der Waals surface area contributed by atoms with Gasteiger partial charge in [-0.05, 0) is 29.8 Å². The largest absolute Gasteiger partial charge is 0.494 e. The molecule has 1 atom stereocenters. The molecule has 0 radical (unpaired) electrons. The molecule has 19 heavy (non-hydrogen) atoms. The smallest absolute Gasteiger partial charge is 0.165 e. The molecule has 0 aliphatic carbocycles. The minimum absolute atomic E-state index is 0.155. The van der Waals surface area contributed by atoms with Crippen LogP contribution in [0.5, 0.6) is 5.75 Å². The zero-order chi connectivity index (χ0) is 13.8. The van der Waals surface area contributed by atoms with Gasteiger partial charge in [-0.3, -0.25) is 4.21 Å². The highest BCUT2D eigenvalue weighted by Gasteiger charge is 2.11. The highest BCUT2D eigenvalue weighted by molar-refractivity contribution is 7.84. The molecular formula is C13H13FN2O2S. The van der Waals surface area contributed by atoms with Crippen molar-refractivity contribution >= 4 is 16.5 Å². The lowest BCUT2D eigenvalue weighted by Gasteiger charge is -2.06. The first-order valence-electron chi connectivity index (χ1n) is 5.53. The summed E-state index contributed by atoms with van der Waals surface area (Å²) in [6, 6.07) is 7.77. The van der Waals surface area contributed by atoms with Gasteiger partial charge >= 0.3 is 0 Å². The third kappa shape index (κ3) is 3.08. The lowest BCUT2D eigenvalue weighted by Crippen LogP contribution is -2.03. The highest BCUT2D eigenvalue weighted by Crippen LogP contribution is 2.21. The second-order valence-corrected chi connectivity index (χ2v) is 5.22. The standard InChI is InChI=1S/C13H13FN2O2S/c1-18-12-5-4-9(7-10(12)14)8-19(17)13-11(15)3-2-6-16-13/h2-7H,8,15H2,1H3. The summed E-state index contributed by atoms with van der Waals surface area (Å²) in [6.45, 7) is 0. The first kappa shape index (κ1) is 13.5. The number of rotatable bonds is 4. The fourth-order valence-electron chi connectivity index (χ4n) is 1.61. The Balaban J connectivity index is 2.20. The molecule has 0 spiro atoms. The molecule has 0 bridgehead atoms. The summed E-state index contributed by atoms with van der Waals surface area (Å²) in [6.07, 6.45) is 1.53. The van der Waals surface area contributed by atoms with Gasteiger partial charge in [-0.15, -0.1) is 0 Å². The van der Waals surface area contributed by atoms with E-state index < -0.39 is 16.6 Å². The molecule has 0 saturated carbocycles. The number of hydrogen-bond acceptors (Lipinski definition) is 4. The maximum absolute atomic E-state index is 13.5. The molecule has 2 aromatic rings. The van der Waals surface area contributed by atoms with Crippen LogP contribution in [0.4, 0.5) is 10.1 Å². The van der Waals surface area contributed by atoms with E-state index >= 15 is 0 Å². The van der Waals surface area contributed by atoms with E-state index in [0.717, 1.165) is 0 Å². The number of hydrogen-bond donors (Lipinski definition) is 1. The number of benzene rings is 1. The van der Waals surface area contributed by atoms with Gasteiger partial charge in [0.25, 0.3) is 0 Å². The first-order valence-corrected chi connectivity index (χ1v) is 6.85. The summed E-state index contributed by atoms with van der Waals surface area (Å²) >= 11 is 0. The highest BCUT2D eigenvalue weighted by atomic mass is 32.2. The van der Waals surface area contributed by atoms with Crippen LogP contribution < -0.4 is 10.5 Å². The topological polar surface area (TPSA) is 65.2 Å². The normalized spacial score (nSPS) is 12.1. The monoisotopic (exact) mass is 280 g/mol. The number of nitrogens with zero attached hydrogens (tertiary/aromatic N) is 1. The van der Waals surface area contributed by atoms with Crippen LogP contribution in [0.2, 0.25) is 0 Å². The van der Waals surface area contributed by atoms with E-state index in [1.54, 1.807) is 18.2 Å². The molecule has 6 heteroatoms. The molecule has 0 fully saturated rings. The molecule has 0 amide bonds. The number of anilines is 1. The van der Waals surface area contributed by atoms with Gasteiger partial charge < -0.3 is 10.5 Å². The Morgan fingerprint density at radius 3 is 2.84 bits per heavy atom. The number of nitrogens with two attached hydrogens (primary N) is 1. The number of aromatic nitrogens is 1. The van der Waals surface area contributed by atoms with Crippen molar-refractivity contribution in [3.05, 3.63) is 47.9 Å². The SMILES string of the molecule is COc1ccc(CS(=O)c2ncccc2N)cc1F. The number of pyridine rings is 1. The fraction of sp³-hybridized carbons (Fsp3) is 0.154. The van der Waals surface area contributed by atoms with Crippen molar-refractivity contribution in [2.75, 3.05) is 12.8 Å². The van der Waals surface area contributed by atoms with Gasteiger partial charge in [0.15, 0.2) is 11.6 Å². The van der Waals surface area contributed by atoms with Crippen molar-refractivity contribution < 1.29 is 13.3 Å². The zero-order valence-electron chi connectivity index (χ0n) is 10.3. The molecule has 0 aliphatic rings. The molecule has 1 aromatic heterocycles. The van der Waals surface area contributed by atoms with Crippen molar-refractivity contribution in [3.63, 3.8) is 0 Å². The third-order valence-electron chi connectivity index (χ3n) is 2.53. The molecule has 4 nitrogen and oxygen atoms in total. The molecule has 1 heterocycles. The van der Waals surface area contributed by atoms with E-state index in [4.69, 9.17) is 10.5 Å². The minimum Gasteiger partial charge on any atom is -0.494 e. The van der Waals surface area contributed by atoms with E-state index in [-0.39, 0.29) is 11.5 Å². The summed E-state index contributed by atoms with van der Waals surface area (Å²) in [4.78, 5) is 3.99. The lowest BCUT2D eigenvalue weighted by atomic mass is 10.2. The van der Waals surface area contributed by atoms with Crippen molar-refractivity contribution in [2.24, 2.45) is 0 Å². The Morgan fingerprint density at radius 2 is 2.21 bits per heavy atom. The van der Waals surface area contributed by atoms with Crippen LogP contribution >= 0.6 is 0 Å². The molecule has 1 unspecified atom stereocenters. The Morgan fingerprint density at radius 1 is 1.42 bits per heavy atom. The van der Waals surface area contributed by atoms with Crippen LogP contribution in [0.15, 0.2) is 41.6 Å². The number of nitrogen functional groups attached to an aromatic ring is 1. The van der Waals surface area contributed by atoms with Gasteiger partial charge in [0.1, 0.15) is 5.03 Å². The third-order valence-corrected chi connectivity index (χ3v) is 3.90. The second kappa shape index (κ2) is 5.79. The summed E-state index contributed by atoms with van der Waals surface area (Å²) in [5.74, 6) is -0.167. The van der Waals surface area contributed by atoms with Crippen LogP contribution in [-0.4, -0.2) is 16.3 Å². The predicted molar refractivity (Wildman–Crippen MR) is 71.7 cm³/mol. The second-order valence-electron chi connectivity index (χ2n) is 3.86. The molecule has 2 N–H and O–H groups in total. The van der Waals surface area contributed by atoms with E-state index in [1.165, 1.54) is 25.4 Å². The Kier molecular flexibility index (Phi) is 4.11. The maximum Gasteiger partial charge on any atom is 0.165 e. The fourth-order valence-corrected chi connectivity index (χ4v) is 2.74. The summed E-state index contributed by atoms with van der Waals surface area (Å²) in [5, 5.41) is 0.318. The Bertz CT molecular complexity index is 619. The summed E-state index contributed by atoms with van der Waals surface area (Å²) < 4.78 is 30.5. The molecule has 0 saturated heterocycles. The van der Waals surface area contributed by atoms with E-state index in [2.05, 4.69) is 4.98 Å². The van der Waals surface area contributed by atoms with Crippen LogP contribution in [0.1, 0.15) is 5.56 Å². The maximum atomic E-state index is 13.5. The molecule has 2 rings (SSSR count). The van der Waals surface area contributed by atoms with Crippen molar-refractivity contribution in [1.29, 1.82) is 0 Å². The number of halogens is 1. The van der Waals surface area contributed by atoms with Crippen molar-refractivity contribution in [3.8, 4) is 5.75 Å². The Hall–Kier alpha value is -1.95. The molecule has 0 aliphatic heterocycles. The van der Waals surface area contributed by atoms with Gasteiger partial charge in [0.2, 0.25) is 0 Å². The molecular weight excluding hydrogens is 267 g/mol. The molecule has 100 valence electrons. The predicted octanol–water partition coefficient (Wildman–Crippen LogP) is 2.12. The van der Waals surface area contributed by atoms with Gasteiger partial charge in [0.05, 0.1) is 29.3 Å². The zero-order valence-corrected chi connectivity index (χ0v) is 11.1. The average molecular weight is 280 g/mol. The van der Waals surface area contributed by atoms with Gasteiger partial charge in [-0.2, -0.15) is 0 Å². The summed E-state index contributed by atoms with van der Waals surface area (Å²) in [7, 11) is -0.0127. The number of methoxy groups -OCH3 is 1. The van der Waals surface area contributed by atoms with Crippen LogP contribution in [0.3, 0.4) is 0 Å². The van der Waals surface area contributed by atoms with Gasteiger partial charge in [-0.1, -0.05) is 6.07 Å². The van der Waals surface area contributed by atoms with E-state index in [9.17, 15) is 8.60 Å². The lowest BCUT2D eigenvalue weighted by molar-refractivity contribution is 0.386. The molecule has 1 aromatic carbocycles. The van der Waals surface area contributed by atoms with Crippen molar-refractivity contribution in [2.45, 2.75) is 10.8 Å². The van der Waals surface area contributed by atoms with Crippen LogP contribution in [0, 0.1) is 5.82 Å². The van der Waals surface area contributed by atoms with Gasteiger partial charge in [0, 0.05) is 6.20 Å². The quantitative estimate of drug-likeness (QED) is 0.931. The average Bonchev–Trinajstić information content (AvgIpc) is 2.39. The Labute approximate surface area is 112 Å². The summed E-state index contributed by atoms with van der Waals surface area (Å²) in [5.41, 5.74) is 6.67. The van der Waals surface area contributed by atoms with Crippen LogP contribution in [0.25, 0.3) is 0 Å². The minimum atomic E-state index is -1.41. The van der Waals surface area contributed by atoms with Crippen LogP contribution in [-0.2, 0) is 16.6 Å². The van der Waals surface area contributed by atoms with E-state index in [1.807, 2.05) is 0 Å². The number of ether oxygens (including phenoxy) is 1.